The number of ether oxygens (including phenoxy) is 1. The molecule has 0 aliphatic carbocycles. The van der Waals surface area contributed by atoms with E-state index in [-0.39, 0.29) is 12.6 Å². The number of hydrogen-bond acceptors (Lipinski definition) is 3. The van der Waals surface area contributed by atoms with E-state index in [4.69, 9.17) is 9.84 Å². The summed E-state index contributed by atoms with van der Waals surface area (Å²) >= 11 is 0. The zero-order chi connectivity index (χ0) is 15.2. The van der Waals surface area contributed by atoms with E-state index in [9.17, 15) is 0 Å². The van der Waals surface area contributed by atoms with Crippen molar-refractivity contribution in [3.63, 3.8) is 0 Å². The molecule has 2 unspecified atom stereocenters. The Bertz CT molecular complexity index is 582. The Morgan fingerprint density at radius 2 is 1.81 bits per heavy atom. The van der Waals surface area contributed by atoms with Gasteiger partial charge in [-0.2, -0.15) is 0 Å². The number of aliphatic hydroxyl groups excluding tert-OH is 1. The lowest BCUT2D eigenvalue weighted by Crippen LogP contribution is -2.29. The highest BCUT2D eigenvalue weighted by atomic mass is 16.5. The van der Waals surface area contributed by atoms with Crippen molar-refractivity contribution in [2.75, 3.05) is 13.7 Å². The first kappa shape index (κ1) is 15.8. The van der Waals surface area contributed by atoms with E-state index in [1.165, 1.54) is 10.9 Å². The summed E-state index contributed by atoms with van der Waals surface area (Å²) in [6.45, 7) is 4.60. The molecule has 0 aromatic heterocycles. The second-order valence-corrected chi connectivity index (χ2v) is 5.56. The molecular weight excluding hydrogens is 262 g/mol. The summed E-state index contributed by atoms with van der Waals surface area (Å²) in [4.78, 5) is 0. The second-order valence-electron chi connectivity index (χ2n) is 5.56. The number of methoxy groups -OCH3 is 1. The monoisotopic (exact) mass is 287 g/mol. The summed E-state index contributed by atoms with van der Waals surface area (Å²) in [6.07, 6.45) is 1.82. The average Bonchev–Trinajstić information content (AvgIpc) is 2.51. The van der Waals surface area contributed by atoms with Crippen molar-refractivity contribution < 1.29 is 9.84 Å². The van der Waals surface area contributed by atoms with Gasteiger partial charge in [0, 0.05) is 24.1 Å². The lowest BCUT2D eigenvalue weighted by molar-refractivity contribution is 0.274. The summed E-state index contributed by atoms with van der Waals surface area (Å²) in [5.41, 5.74) is 1.28. The first-order valence-electron chi connectivity index (χ1n) is 7.60. The standard InChI is InChI=1S/C18H25NO2/c1-13(7-6-12-20)19-14(2)15-10-11-18(21-3)17-9-5-4-8-16(15)17/h4-5,8-11,13-14,19-20H,6-7,12H2,1-3H3. The topological polar surface area (TPSA) is 41.5 Å². The van der Waals surface area contributed by atoms with Gasteiger partial charge in [0.05, 0.1) is 7.11 Å². The molecule has 3 nitrogen and oxygen atoms in total. The van der Waals surface area contributed by atoms with Gasteiger partial charge in [0.15, 0.2) is 0 Å². The molecule has 114 valence electrons. The van der Waals surface area contributed by atoms with Gasteiger partial charge in [-0.25, -0.2) is 0 Å². The highest BCUT2D eigenvalue weighted by molar-refractivity contribution is 5.91. The molecule has 0 bridgehead atoms. The van der Waals surface area contributed by atoms with Gasteiger partial charge in [0.1, 0.15) is 5.75 Å². The van der Waals surface area contributed by atoms with Gasteiger partial charge in [0.2, 0.25) is 0 Å². The molecule has 2 aromatic rings. The van der Waals surface area contributed by atoms with Crippen molar-refractivity contribution in [3.05, 3.63) is 42.0 Å². The maximum absolute atomic E-state index is 8.92. The van der Waals surface area contributed by atoms with Crippen LogP contribution >= 0.6 is 0 Å². The molecular formula is C18H25NO2. The summed E-state index contributed by atoms with van der Waals surface area (Å²) in [5, 5.41) is 14.9. The van der Waals surface area contributed by atoms with Crippen LogP contribution in [-0.4, -0.2) is 24.9 Å². The fourth-order valence-corrected chi connectivity index (χ4v) is 2.85. The molecule has 2 atom stereocenters. The van der Waals surface area contributed by atoms with Crippen molar-refractivity contribution in [2.45, 2.75) is 38.8 Å². The van der Waals surface area contributed by atoms with Gasteiger partial charge in [-0.1, -0.05) is 30.3 Å². The number of aliphatic hydroxyl groups is 1. The molecule has 0 aliphatic rings. The van der Waals surface area contributed by atoms with Gasteiger partial charge in [-0.3, -0.25) is 0 Å². The Balaban J connectivity index is 2.25. The minimum atomic E-state index is 0.256. The molecule has 0 fully saturated rings. The SMILES string of the molecule is COc1ccc(C(C)NC(C)CCCO)c2ccccc12. The number of rotatable bonds is 7. The lowest BCUT2D eigenvalue weighted by atomic mass is 9.98. The molecule has 0 aliphatic heterocycles. The molecule has 0 saturated carbocycles. The Labute approximate surface area is 126 Å². The molecule has 3 heteroatoms. The van der Waals surface area contributed by atoms with Gasteiger partial charge in [-0.05, 0) is 43.7 Å². The normalized spacial score (nSPS) is 14.1. The first-order valence-corrected chi connectivity index (χ1v) is 7.60. The van der Waals surface area contributed by atoms with Crippen molar-refractivity contribution >= 4 is 10.8 Å². The van der Waals surface area contributed by atoms with Crippen LogP contribution in [0.4, 0.5) is 0 Å². The summed E-state index contributed by atoms with van der Waals surface area (Å²) < 4.78 is 5.45. The maximum atomic E-state index is 8.92. The van der Waals surface area contributed by atoms with Crippen LogP contribution in [0.5, 0.6) is 5.75 Å². The zero-order valence-electron chi connectivity index (χ0n) is 13.1. The van der Waals surface area contributed by atoms with Gasteiger partial charge in [-0.15, -0.1) is 0 Å². The second kappa shape index (κ2) is 7.43. The van der Waals surface area contributed by atoms with Crippen LogP contribution in [0, 0.1) is 0 Å². The number of nitrogens with one attached hydrogen (secondary N) is 1. The van der Waals surface area contributed by atoms with Crippen LogP contribution in [0.1, 0.15) is 38.3 Å². The van der Waals surface area contributed by atoms with E-state index < -0.39 is 0 Å². The minimum Gasteiger partial charge on any atom is -0.496 e. The Kier molecular flexibility index (Phi) is 5.59. The van der Waals surface area contributed by atoms with E-state index >= 15 is 0 Å². The van der Waals surface area contributed by atoms with E-state index in [0.717, 1.165) is 24.0 Å². The lowest BCUT2D eigenvalue weighted by Gasteiger charge is -2.22. The van der Waals surface area contributed by atoms with Crippen molar-refractivity contribution in [3.8, 4) is 5.75 Å². The van der Waals surface area contributed by atoms with Crippen LogP contribution in [0.2, 0.25) is 0 Å². The van der Waals surface area contributed by atoms with Crippen LogP contribution in [0.25, 0.3) is 10.8 Å². The zero-order valence-corrected chi connectivity index (χ0v) is 13.1. The van der Waals surface area contributed by atoms with Crippen LogP contribution in [-0.2, 0) is 0 Å². The van der Waals surface area contributed by atoms with E-state index in [0.29, 0.717) is 6.04 Å². The van der Waals surface area contributed by atoms with E-state index in [1.807, 2.05) is 12.1 Å². The highest BCUT2D eigenvalue weighted by Crippen LogP contribution is 2.31. The predicted molar refractivity (Wildman–Crippen MR) is 87.8 cm³/mol. The summed E-state index contributed by atoms with van der Waals surface area (Å²) in [6, 6.07) is 13.2. The third-order valence-electron chi connectivity index (χ3n) is 3.93. The molecule has 2 N–H and O–H groups in total. The van der Waals surface area contributed by atoms with Crippen molar-refractivity contribution in [1.82, 2.24) is 5.32 Å². The molecule has 2 rings (SSSR count). The van der Waals surface area contributed by atoms with E-state index in [1.54, 1.807) is 7.11 Å². The third-order valence-corrected chi connectivity index (χ3v) is 3.93. The smallest absolute Gasteiger partial charge is 0.126 e. The molecule has 0 heterocycles. The fourth-order valence-electron chi connectivity index (χ4n) is 2.85. The summed E-state index contributed by atoms with van der Waals surface area (Å²) in [7, 11) is 1.71. The van der Waals surface area contributed by atoms with Gasteiger partial charge in [0.25, 0.3) is 0 Å². The molecule has 0 spiro atoms. The quantitative estimate of drug-likeness (QED) is 0.816. The number of hydrogen-bond donors (Lipinski definition) is 2. The highest BCUT2D eigenvalue weighted by Gasteiger charge is 2.13. The van der Waals surface area contributed by atoms with Crippen LogP contribution in [0.15, 0.2) is 36.4 Å². The van der Waals surface area contributed by atoms with Crippen molar-refractivity contribution in [1.29, 1.82) is 0 Å². The molecule has 2 aromatic carbocycles. The largest absolute Gasteiger partial charge is 0.496 e. The van der Waals surface area contributed by atoms with Gasteiger partial charge >= 0.3 is 0 Å². The number of fused-ring (bicyclic) bond motifs is 1. The van der Waals surface area contributed by atoms with Crippen LogP contribution < -0.4 is 10.1 Å². The Morgan fingerprint density at radius 1 is 1.10 bits per heavy atom. The predicted octanol–water partition coefficient (Wildman–Crippen LogP) is 3.66. The van der Waals surface area contributed by atoms with Gasteiger partial charge < -0.3 is 15.2 Å². The molecule has 0 amide bonds. The van der Waals surface area contributed by atoms with Crippen molar-refractivity contribution in [2.24, 2.45) is 0 Å². The first-order chi connectivity index (χ1) is 10.2. The summed E-state index contributed by atoms with van der Waals surface area (Å²) in [5.74, 6) is 0.912. The molecule has 21 heavy (non-hydrogen) atoms. The third kappa shape index (κ3) is 3.74. The molecule has 0 saturated heterocycles. The average molecular weight is 287 g/mol. The number of benzene rings is 2. The van der Waals surface area contributed by atoms with Crippen LogP contribution in [0.3, 0.4) is 0 Å². The maximum Gasteiger partial charge on any atom is 0.126 e. The fraction of sp³-hybridized carbons (Fsp3) is 0.444. The van der Waals surface area contributed by atoms with E-state index in [2.05, 4.69) is 43.4 Å². The Morgan fingerprint density at radius 3 is 2.48 bits per heavy atom. The molecule has 0 radical (unpaired) electrons. The Hall–Kier alpha value is -1.58. The minimum absolute atomic E-state index is 0.256.